The van der Waals surface area contributed by atoms with Crippen LogP contribution < -0.4 is 10.1 Å². The lowest BCUT2D eigenvalue weighted by Crippen LogP contribution is -2.15. The fourth-order valence-corrected chi connectivity index (χ4v) is 1.78. The second-order valence-electron chi connectivity index (χ2n) is 4.53. The number of nitrogens with one attached hydrogen (secondary N) is 1. The summed E-state index contributed by atoms with van der Waals surface area (Å²) in [5.41, 5.74) is 0.232. The maximum Gasteiger partial charge on any atom is 0.362 e. The van der Waals surface area contributed by atoms with E-state index in [9.17, 15) is 4.79 Å². The van der Waals surface area contributed by atoms with E-state index in [2.05, 4.69) is 10.3 Å². The first-order valence-electron chi connectivity index (χ1n) is 6.26. The molecule has 0 aliphatic rings. The summed E-state index contributed by atoms with van der Waals surface area (Å²) in [7, 11) is 0. The summed E-state index contributed by atoms with van der Waals surface area (Å²) in [6, 6.07) is 12.2. The predicted molar refractivity (Wildman–Crippen MR) is 79.4 cm³/mol. The minimum Gasteiger partial charge on any atom is -0.420 e. The van der Waals surface area contributed by atoms with Crippen LogP contribution in [0.4, 0.5) is 5.82 Å². The third-order valence-corrected chi connectivity index (χ3v) is 2.75. The topological polar surface area (TPSA) is 51.2 Å². The van der Waals surface area contributed by atoms with Crippen molar-refractivity contribution >= 4 is 23.4 Å². The van der Waals surface area contributed by atoms with Crippen LogP contribution in [0.5, 0.6) is 5.75 Å². The molecule has 0 aliphatic carbocycles. The van der Waals surface area contributed by atoms with E-state index in [0.29, 0.717) is 16.6 Å². The third-order valence-electron chi connectivity index (χ3n) is 2.43. The zero-order valence-corrected chi connectivity index (χ0v) is 12.0. The van der Waals surface area contributed by atoms with Crippen molar-refractivity contribution in [2.75, 3.05) is 5.32 Å². The van der Waals surface area contributed by atoms with Crippen molar-refractivity contribution in [1.82, 2.24) is 4.98 Å². The molecule has 1 N–H and O–H groups in total. The number of aromatic nitrogens is 1. The molecule has 0 bridgehead atoms. The van der Waals surface area contributed by atoms with Gasteiger partial charge in [-0.25, -0.2) is 9.78 Å². The number of halogens is 1. The van der Waals surface area contributed by atoms with Gasteiger partial charge in [-0.1, -0.05) is 29.8 Å². The van der Waals surface area contributed by atoms with Crippen molar-refractivity contribution in [2.24, 2.45) is 0 Å². The first-order chi connectivity index (χ1) is 9.56. The van der Waals surface area contributed by atoms with Crippen molar-refractivity contribution in [3.05, 3.63) is 53.2 Å². The lowest BCUT2D eigenvalue weighted by molar-refractivity contribution is 0.0729. The minimum atomic E-state index is -0.537. The highest BCUT2D eigenvalue weighted by atomic mass is 35.5. The van der Waals surface area contributed by atoms with Crippen molar-refractivity contribution in [3.63, 3.8) is 0 Å². The van der Waals surface area contributed by atoms with Gasteiger partial charge in [0.15, 0.2) is 5.69 Å². The molecule has 0 aliphatic heterocycles. The SMILES string of the molecule is CC(C)Nc1cccc(C(=O)Oc2ccccc2Cl)n1. The number of ether oxygens (including phenoxy) is 1. The lowest BCUT2D eigenvalue weighted by Gasteiger charge is -2.10. The molecule has 0 spiro atoms. The average Bonchev–Trinajstić information content (AvgIpc) is 2.41. The maximum atomic E-state index is 12.0. The molecule has 0 fully saturated rings. The third kappa shape index (κ3) is 3.71. The van der Waals surface area contributed by atoms with Gasteiger partial charge < -0.3 is 10.1 Å². The van der Waals surface area contributed by atoms with Crippen LogP contribution in [0.15, 0.2) is 42.5 Å². The number of carbonyl (C=O) groups excluding carboxylic acids is 1. The standard InChI is InChI=1S/C15H15ClN2O2/c1-10(2)17-14-9-5-7-12(18-14)15(19)20-13-8-4-3-6-11(13)16/h3-10H,1-2H3,(H,17,18). The summed E-state index contributed by atoms with van der Waals surface area (Å²) in [6.45, 7) is 3.99. The van der Waals surface area contributed by atoms with Gasteiger partial charge in [0.05, 0.1) is 5.02 Å². The molecule has 1 aromatic carbocycles. The molecule has 0 unspecified atom stereocenters. The van der Waals surface area contributed by atoms with Gasteiger partial charge in [0.25, 0.3) is 0 Å². The van der Waals surface area contributed by atoms with Crippen LogP contribution in [0.25, 0.3) is 0 Å². The van der Waals surface area contributed by atoms with E-state index in [4.69, 9.17) is 16.3 Å². The number of carbonyl (C=O) groups is 1. The minimum absolute atomic E-state index is 0.232. The van der Waals surface area contributed by atoms with Crippen molar-refractivity contribution in [2.45, 2.75) is 19.9 Å². The largest absolute Gasteiger partial charge is 0.420 e. The lowest BCUT2D eigenvalue weighted by atomic mass is 10.3. The van der Waals surface area contributed by atoms with Crippen molar-refractivity contribution < 1.29 is 9.53 Å². The van der Waals surface area contributed by atoms with E-state index in [1.807, 2.05) is 13.8 Å². The van der Waals surface area contributed by atoms with Crippen LogP contribution in [0, 0.1) is 0 Å². The maximum absolute atomic E-state index is 12.0. The van der Waals surface area contributed by atoms with Crippen molar-refractivity contribution in [1.29, 1.82) is 0 Å². The highest BCUT2D eigenvalue weighted by Crippen LogP contribution is 2.24. The summed E-state index contributed by atoms with van der Waals surface area (Å²) in [5, 5.41) is 3.52. The second kappa shape index (κ2) is 6.39. The first kappa shape index (κ1) is 14.3. The van der Waals surface area contributed by atoms with E-state index in [0.717, 1.165) is 0 Å². The molecule has 4 nitrogen and oxygen atoms in total. The number of esters is 1. The van der Waals surface area contributed by atoms with Gasteiger partial charge in [-0.2, -0.15) is 0 Å². The average molecular weight is 291 g/mol. The number of anilines is 1. The summed E-state index contributed by atoms with van der Waals surface area (Å²) >= 11 is 5.95. The molecule has 0 radical (unpaired) electrons. The first-order valence-corrected chi connectivity index (χ1v) is 6.64. The van der Waals surface area contributed by atoms with Gasteiger partial charge in [0, 0.05) is 6.04 Å². The number of para-hydroxylation sites is 1. The van der Waals surface area contributed by atoms with E-state index >= 15 is 0 Å². The van der Waals surface area contributed by atoms with Crippen LogP contribution in [-0.2, 0) is 0 Å². The Bertz CT molecular complexity index is 614. The summed E-state index contributed by atoms with van der Waals surface area (Å²) in [4.78, 5) is 16.2. The Morgan fingerprint density at radius 1 is 1.20 bits per heavy atom. The number of nitrogens with zero attached hydrogens (tertiary/aromatic N) is 1. The summed E-state index contributed by atoms with van der Waals surface area (Å²) < 4.78 is 5.23. The highest BCUT2D eigenvalue weighted by Gasteiger charge is 2.12. The van der Waals surface area contributed by atoms with E-state index in [1.54, 1.807) is 42.5 Å². The summed E-state index contributed by atoms with van der Waals surface area (Å²) in [6.07, 6.45) is 0. The number of hydrogen-bond donors (Lipinski definition) is 1. The molecule has 1 heterocycles. The van der Waals surface area contributed by atoms with Crippen LogP contribution >= 0.6 is 11.6 Å². The number of hydrogen-bond acceptors (Lipinski definition) is 4. The zero-order valence-electron chi connectivity index (χ0n) is 11.3. The van der Waals surface area contributed by atoms with Gasteiger partial charge in [0.1, 0.15) is 11.6 Å². The number of pyridine rings is 1. The molecule has 0 amide bonds. The Kier molecular flexibility index (Phi) is 4.58. The molecule has 2 rings (SSSR count). The molecule has 0 saturated heterocycles. The van der Waals surface area contributed by atoms with Gasteiger partial charge in [-0.3, -0.25) is 0 Å². The molecular weight excluding hydrogens is 276 g/mol. The van der Waals surface area contributed by atoms with Crippen LogP contribution in [-0.4, -0.2) is 17.0 Å². The quantitative estimate of drug-likeness (QED) is 0.688. The Labute approximate surface area is 122 Å². The Morgan fingerprint density at radius 2 is 1.95 bits per heavy atom. The monoisotopic (exact) mass is 290 g/mol. The molecule has 104 valence electrons. The van der Waals surface area contributed by atoms with Gasteiger partial charge in [-0.05, 0) is 38.1 Å². The summed E-state index contributed by atoms with van der Waals surface area (Å²) in [5.74, 6) is 0.419. The molecule has 1 aromatic heterocycles. The number of benzene rings is 1. The smallest absolute Gasteiger partial charge is 0.362 e. The molecule has 0 saturated carbocycles. The van der Waals surface area contributed by atoms with Crippen LogP contribution in [0.3, 0.4) is 0 Å². The molecule has 0 atom stereocenters. The predicted octanol–water partition coefficient (Wildman–Crippen LogP) is 3.77. The molecule has 20 heavy (non-hydrogen) atoms. The Morgan fingerprint density at radius 3 is 2.65 bits per heavy atom. The van der Waals surface area contributed by atoms with Crippen LogP contribution in [0.2, 0.25) is 5.02 Å². The Balaban J connectivity index is 2.15. The number of rotatable bonds is 4. The van der Waals surface area contributed by atoms with E-state index in [1.165, 1.54) is 0 Å². The van der Waals surface area contributed by atoms with Crippen molar-refractivity contribution in [3.8, 4) is 5.75 Å². The van der Waals surface area contributed by atoms with Gasteiger partial charge in [0.2, 0.25) is 0 Å². The fraction of sp³-hybridized carbons (Fsp3) is 0.200. The van der Waals surface area contributed by atoms with Crippen LogP contribution in [0.1, 0.15) is 24.3 Å². The normalized spacial score (nSPS) is 10.4. The molecule has 2 aromatic rings. The van der Waals surface area contributed by atoms with Gasteiger partial charge in [-0.15, -0.1) is 0 Å². The second-order valence-corrected chi connectivity index (χ2v) is 4.93. The fourth-order valence-electron chi connectivity index (χ4n) is 1.60. The zero-order chi connectivity index (χ0) is 14.5. The van der Waals surface area contributed by atoms with Gasteiger partial charge >= 0.3 is 5.97 Å². The van der Waals surface area contributed by atoms with E-state index in [-0.39, 0.29) is 11.7 Å². The van der Waals surface area contributed by atoms with E-state index < -0.39 is 5.97 Å². The molecular formula is C15H15ClN2O2. The Hall–Kier alpha value is -2.07. The highest BCUT2D eigenvalue weighted by molar-refractivity contribution is 6.32. The molecule has 5 heteroatoms.